The molecule has 4 nitrogen and oxygen atoms in total. The van der Waals surface area contributed by atoms with Crippen LogP contribution in [-0.4, -0.2) is 45.0 Å². The monoisotopic (exact) mass is 313 g/mol. The van der Waals surface area contributed by atoms with Gasteiger partial charge in [0.2, 0.25) is 0 Å². The van der Waals surface area contributed by atoms with E-state index in [1.165, 1.54) is 16.8 Å². The minimum atomic E-state index is -0.543. The average molecular weight is 313 g/mol. The summed E-state index contributed by atoms with van der Waals surface area (Å²) >= 11 is 0. The summed E-state index contributed by atoms with van der Waals surface area (Å²) in [7, 11) is 1.99. The van der Waals surface area contributed by atoms with Crippen molar-refractivity contribution in [3.8, 4) is 0 Å². The number of aryl methyl sites for hydroxylation is 2. The summed E-state index contributed by atoms with van der Waals surface area (Å²) < 4.78 is 1.94. The van der Waals surface area contributed by atoms with Gasteiger partial charge in [-0.25, -0.2) is 0 Å². The Balaban J connectivity index is 1.49. The van der Waals surface area contributed by atoms with Crippen molar-refractivity contribution in [2.75, 3.05) is 19.6 Å². The molecule has 23 heavy (non-hydrogen) atoms. The number of aliphatic hydroxyl groups is 1. The first-order chi connectivity index (χ1) is 11.0. The van der Waals surface area contributed by atoms with Gasteiger partial charge >= 0.3 is 0 Å². The van der Waals surface area contributed by atoms with E-state index in [0.717, 1.165) is 45.3 Å². The van der Waals surface area contributed by atoms with E-state index in [1.54, 1.807) is 0 Å². The number of nitrogens with zero attached hydrogens (tertiary/aromatic N) is 3. The highest BCUT2D eigenvalue weighted by Gasteiger charge is 2.32. The molecule has 0 unspecified atom stereocenters. The second-order valence-corrected chi connectivity index (χ2v) is 6.92. The molecule has 4 heteroatoms. The molecule has 0 spiro atoms. The third-order valence-corrected chi connectivity index (χ3v) is 5.05. The lowest BCUT2D eigenvalue weighted by Crippen LogP contribution is -2.46. The molecule has 0 aliphatic carbocycles. The van der Waals surface area contributed by atoms with Crippen LogP contribution in [0.4, 0.5) is 0 Å². The molecule has 0 radical (unpaired) electrons. The van der Waals surface area contributed by atoms with Crippen LogP contribution in [0, 0.1) is 6.92 Å². The highest BCUT2D eigenvalue weighted by Crippen LogP contribution is 2.26. The molecule has 1 fully saturated rings. The largest absolute Gasteiger partial charge is 0.389 e. The Morgan fingerprint density at radius 2 is 1.83 bits per heavy atom. The van der Waals surface area contributed by atoms with Crippen molar-refractivity contribution in [3.63, 3.8) is 0 Å². The van der Waals surface area contributed by atoms with Crippen LogP contribution in [0.25, 0.3) is 0 Å². The molecule has 0 bridgehead atoms. The summed E-state index contributed by atoms with van der Waals surface area (Å²) in [5.41, 5.74) is 3.23. The first-order valence-corrected chi connectivity index (χ1v) is 8.51. The number of rotatable bonds is 5. The number of aromatic nitrogens is 2. The predicted molar refractivity (Wildman–Crippen MR) is 92.4 cm³/mol. The smallest absolute Gasteiger partial charge is 0.0712 e. The van der Waals surface area contributed by atoms with Crippen LogP contribution in [-0.2, 0) is 19.9 Å². The van der Waals surface area contributed by atoms with Crippen molar-refractivity contribution in [2.24, 2.45) is 7.05 Å². The zero-order valence-electron chi connectivity index (χ0n) is 14.2. The molecule has 2 aromatic rings. The van der Waals surface area contributed by atoms with Crippen LogP contribution < -0.4 is 0 Å². The van der Waals surface area contributed by atoms with Crippen LogP contribution in [0.3, 0.4) is 0 Å². The van der Waals surface area contributed by atoms with Gasteiger partial charge in [0.05, 0.1) is 5.60 Å². The van der Waals surface area contributed by atoms with Gasteiger partial charge in [-0.3, -0.25) is 4.68 Å². The van der Waals surface area contributed by atoms with Crippen molar-refractivity contribution in [2.45, 2.75) is 38.2 Å². The summed E-state index contributed by atoms with van der Waals surface area (Å²) in [4.78, 5) is 2.45. The van der Waals surface area contributed by atoms with E-state index in [0.29, 0.717) is 0 Å². The standard InChI is InChI=1S/C19H27N3O/c1-16-3-5-17(6-4-16)15-19(23)9-13-22(14-10-19)12-8-18-7-11-20-21(18)2/h3-7,11,23H,8-10,12-15H2,1-2H3. The quantitative estimate of drug-likeness (QED) is 0.921. The van der Waals surface area contributed by atoms with Crippen molar-refractivity contribution in [1.82, 2.24) is 14.7 Å². The van der Waals surface area contributed by atoms with E-state index in [4.69, 9.17) is 0 Å². The summed E-state index contributed by atoms with van der Waals surface area (Å²) in [5, 5.41) is 15.1. The third-order valence-electron chi connectivity index (χ3n) is 5.05. The Morgan fingerprint density at radius 1 is 1.13 bits per heavy atom. The molecule has 1 aliphatic heterocycles. The minimum absolute atomic E-state index is 0.543. The maximum absolute atomic E-state index is 10.9. The van der Waals surface area contributed by atoms with Gasteiger partial charge in [-0.05, 0) is 31.4 Å². The van der Waals surface area contributed by atoms with Gasteiger partial charge in [0.15, 0.2) is 0 Å². The van der Waals surface area contributed by atoms with Crippen LogP contribution in [0.1, 0.15) is 29.7 Å². The van der Waals surface area contributed by atoms with Crippen molar-refractivity contribution < 1.29 is 5.11 Å². The molecular weight excluding hydrogens is 286 g/mol. The van der Waals surface area contributed by atoms with E-state index in [-0.39, 0.29) is 0 Å². The Hall–Kier alpha value is -1.65. The zero-order valence-corrected chi connectivity index (χ0v) is 14.2. The van der Waals surface area contributed by atoms with Gasteiger partial charge in [-0.1, -0.05) is 29.8 Å². The normalized spacial score (nSPS) is 18.2. The van der Waals surface area contributed by atoms with Crippen molar-refractivity contribution in [3.05, 3.63) is 53.3 Å². The summed E-state index contributed by atoms with van der Waals surface area (Å²) in [6.45, 7) is 5.08. The van der Waals surface area contributed by atoms with Gasteiger partial charge in [0.1, 0.15) is 0 Å². The van der Waals surface area contributed by atoms with Crippen LogP contribution in [0.5, 0.6) is 0 Å². The first kappa shape index (κ1) is 16.2. The molecular formula is C19H27N3O. The minimum Gasteiger partial charge on any atom is -0.389 e. The maximum atomic E-state index is 10.9. The maximum Gasteiger partial charge on any atom is 0.0712 e. The van der Waals surface area contributed by atoms with Crippen molar-refractivity contribution >= 4 is 0 Å². The first-order valence-electron chi connectivity index (χ1n) is 8.51. The third kappa shape index (κ3) is 4.21. The summed E-state index contributed by atoms with van der Waals surface area (Å²) in [6, 6.07) is 10.6. The topological polar surface area (TPSA) is 41.3 Å². The van der Waals surface area contributed by atoms with Crippen LogP contribution in [0.2, 0.25) is 0 Å². The lowest BCUT2D eigenvalue weighted by molar-refractivity contribution is -0.0203. The van der Waals surface area contributed by atoms with E-state index in [2.05, 4.69) is 47.3 Å². The highest BCUT2D eigenvalue weighted by atomic mass is 16.3. The summed E-state index contributed by atoms with van der Waals surface area (Å²) in [6.07, 6.45) is 5.35. The number of benzene rings is 1. The number of piperidine rings is 1. The summed E-state index contributed by atoms with van der Waals surface area (Å²) in [5.74, 6) is 0. The second kappa shape index (κ2) is 6.85. The van der Waals surface area contributed by atoms with Crippen molar-refractivity contribution in [1.29, 1.82) is 0 Å². The van der Waals surface area contributed by atoms with Gasteiger partial charge < -0.3 is 10.0 Å². The van der Waals surface area contributed by atoms with E-state index in [1.807, 2.05) is 17.9 Å². The molecule has 3 rings (SSSR count). The fraction of sp³-hybridized carbons (Fsp3) is 0.526. The van der Waals surface area contributed by atoms with E-state index in [9.17, 15) is 5.11 Å². The van der Waals surface area contributed by atoms with Gasteiger partial charge in [-0.2, -0.15) is 5.10 Å². The Bertz CT molecular complexity index is 624. The fourth-order valence-electron chi connectivity index (χ4n) is 3.37. The number of hydrogen-bond acceptors (Lipinski definition) is 3. The van der Waals surface area contributed by atoms with Gasteiger partial charge in [0, 0.05) is 51.4 Å². The molecule has 2 heterocycles. The lowest BCUT2D eigenvalue weighted by atomic mass is 9.85. The molecule has 1 aromatic heterocycles. The average Bonchev–Trinajstić information content (AvgIpc) is 2.94. The Kier molecular flexibility index (Phi) is 4.83. The van der Waals surface area contributed by atoms with Gasteiger partial charge in [0.25, 0.3) is 0 Å². The predicted octanol–water partition coefficient (Wildman–Crippen LogP) is 2.34. The van der Waals surface area contributed by atoms with E-state index < -0.39 is 5.60 Å². The number of likely N-dealkylation sites (tertiary alicyclic amines) is 1. The second-order valence-electron chi connectivity index (χ2n) is 6.92. The molecule has 0 saturated carbocycles. The molecule has 1 N–H and O–H groups in total. The molecule has 1 aromatic carbocycles. The molecule has 124 valence electrons. The van der Waals surface area contributed by atoms with E-state index >= 15 is 0 Å². The van der Waals surface area contributed by atoms with Gasteiger partial charge in [-0.15, -0.1) is 0 Å². The molecule has 0 atom stereocenters. The Labute approximate surface area is 138 Å². The zero-order chi connectivity index (χ0) is 16.3. The lowest BCUT2D eigenvalue weighted by Gasteiger charge is -2.38. The van der Waals surface area contributed by atoms with Crippen LogP contribution in [0.15, 0.2) is 36.5 Å². The fourth-order valence-corrected chi connectivity index (χ4v) is 3.37. The molecule has 1 aliphatic rings. The highest BCUT2D eigenvalue weighted by molar-refractivity contribution is 5.23. The SMILES string of the molecule is Cc1ccc(CC2(O)CCN(CCc3ccnn3C)CC2)cc1. The molecule has 1 saturated heterocycles. The molecule has 0 amide bonds. The van der Waals surface area contributed by atoms with Crippen LogP contribution >= 0.6 is 0 Å². The Morgan fingerprint density at radius 3 is 2.43 bits per heavy atom. The number of hydrogen-bond donors (Lipinski definition) is 1.